The summed E-state index contributed by atoms with van der Waals surface area (Å²) in [6, 6.07) is 18.1. The second kappa shape index (κ2) is 6.77. The molecule has 25 heavy (non-hydrogen) atoms. The predicted molar refractivity (Wildman–Crippen MR) is 107 cm³/mol. The van der Waals surface area contributed by atoms with Crippen LogP contribution in [0.2, 0.25) is 9.36 Å². The molecule has 2 aromatic heterocycles. The van der Waals surface area contributed by atoms with Crippen LogP contribution < -0.4 is 5.32 Å². The molecule has 0 aliphatic heterocycles. The molecule has 0 aliphatic carbocycles. The van der Waals surface area contributed by atoms with Crippen molar-refractivity contribution in [2.24, 2.45) is 0 Å². The summed E-state index contributed by atoms with van der Waals surface area (Å²) in [6.45, 7) is 0. The second-order valence-electron chi connectivity index (χ2n) is 5.30. The minimum absolute atomic E-state index is 0.144. The van der Waals surface area contributed by atoms with E-state index in [9.17, 15) is 4.79 Å². The van der Waals surface area contributed by atoms with Crippen LogP contribution in [0.1, 0.15) is 10.5 Å². The second-order valence-corrected chi connectivity index (χ2v) is 8.14. The Hall–Kier alpha value is -1.92. The van der Waals surface area contributed by atoms with Crippen LogP contribution in [0.25, 0.3) is 20.5 Å². The molecule has 1 N–H and O–H groups in total. The number of amides is 1. The van der Waals surface area contributed by atoms with Crippen LogP contribution >= 0.6 is 46.1 Å². The largest absolute Gasteiger partial charge is 0.321 e. The summed E-state index contributed by atoms with van der Waals surface area (Å²) < 4.78 is 5.53. The zero-order chi connectivity index (χ0) is 17.4. The first kappa shape index (κ1) is 16.5. The highest BCUT2D eigenvalue weighted by Crippen LogP contribution is 2.34. The number of aromatic nitrogens is 1. The van der Waals surface area contributed by atoms with Crippen LogP contribution in [0.15, 0.2) is 54.6 Å². The SMILES string of the molecule is O=C(Nc1ccc(-c2cc3ccccc3s2)cc1)c1nsc(Cl)c1Cl. The molecule has 0 fully saturated rings. The molecule has 0 radical (unpaired) electrons. The van der Waals surface area contributed by atoms with Gasteiger partial charge < -0.3 is 5.32 Å². The van der Waals surface area contributed by atoms with Crippen LogP contribution in [0.5, 0.6) is 0 Å². The van der Waals surface area contributed by atoms with E-state index in [1.807, 2.05) is 36.4 Å². The number of rotatable bonds is 3. The monoisotopic (exact) mass is 404 g/mol. The molecular weight excluding hydrogens is 395 g/mol. The van der Waals surface area contributed by atoms with Crippen molar-refractivity contribution in [1.29, 1.82) is 0 Å². The molecule has 2 aromatic carbocycles. The van der Waals surface area contributed by atoms with Crippen molar-refractivity contribution in [3.63, 3.8) is 0 Å². The number of fused-ring (bicyclic) bond motifs is 1. The van der Waals surface area contributed by atoms with E-state index in [4.69, 9.17) is 23.2 Å². The van der Waals surface area contributed by atoms with E-state index in [0.717, 1.165) is 17.1 Å². The van der Waals surface area contributed by atoms with Gasteiger partial charge in [0, 0.05) is 15.3 Å². The molecule has 0 unspecified atom stereocenters. The molecule has 0 spiro atoms. The molecule has 0 saturated heterocycles. The van der Waals surface area contributed by atoms with Crippen molar-refractivity contribution in [3.05, 3.63) is 69.7 Å². The van der Waals surface area contributed by atoms with Crippen LogP contribution in [-0.2, 0) is 0 Å². The van der Waals surface area contributed by atoms with Gasteiger partial charge in [-0.25, -0.2) is 0 Å². The first-order chi connectivity index (χ1) is 12.1. The van der Waals surface area contributed by atoms with Gasteiger partial charge in [-0.1, -0.05) is 53.5 Å². The van der Waals surface area contributed by atoms with Crippen molar-refractivity contribution in [3.8, 4) is 10.4 Å². The predicted octanol–water partition coefficient (Wildman–Crippen LogP) is 6.58. The maximum Gasteiger partial charge on any atom is 0.276 e. The number of benzene rings is 2. The van der Waals surface area contributed by atoms with Gasteiger partial charge >= 0.3 is 0 Å². The quantitative estimate of drug-likeness (QED) is 0.418. The normalized spacial score (nSPS) is 11.0. The highest BCUT2D eigenvalue weighted by atomic mass is 35.5. The maximum atomic E-state index is 12.2. The number of anilines is 1. The van der Waals surface area contributed by atoms with Crippen LogP contribution in [0.3, 0.4) is 0 Å². The van der Waals surface area contributed by atoms with Crippen molar-refractivity contribution >= 4 is 67.8 Å². The van der Waals surface area contributed by atoms with Crippen molar-refractivity contribution in [2.75, 3.05) is 5.32 Å². The molecule has 2 heterocycles. The first-order valence-electron chi connectivity index (χ1n) is 7.33. The number of nitrogens with one attached hydrogen (secondary N) is 1. The van der Waals surface area contributed by atoms with Gasteiger partial charge in [-0.05, 0) is 46.7 Å². The van der Waals surface area contributed by atoms with Crippen molar-refractivity contribution in [2.45, 2.75) is 0 Å². The first-order valence-corrected chi connectivity index (χ1v) is 9.67. The fourth-order valence-electron chi connectivity index (χ4n) is 2.43. The van der Waals surface area contributed by atoms with E-state index in [-0.39, 0.29) is 16.6 Å². The van der Waals surface area contributed by atoms with Gasteiger partial charge in [-0.15, -0.1) is 11.3 Å². The summed E-state index contributed by atoms with van der Waals surface area (Å²) >= 11 is 14.6. The van der Waals surface area contributed by atoms with Crippen LogP contribution in [0, 0.1) is 0 Å². The zero-order valence-corrected chi connectivity index (χ0v) is 15.8. The van der Waals surface area contributed by atoms with Gasteiger partial charge in [0.25, 0.3) is 5.91 Å². The number of carbonyl (C=O) groups excluding carboxylic acids is 1. The summed E-state index contributed by atoms with van der Waals surface area (Å²) in [4.78, 5) is 13.4. The van der Waals surface area contributed by atoms with Gasteiger partial charge in [0.15, 0.2) is 5.69 Å². The lowest BCUT2D eigenvalue weighted by Gasteiger charge is -2.04. The highest BCUT2D eigenvalue weighted by molar-refractivity contribution is 7.22. The Morgan fingerprint density at radius 1 is 1.04 bits per heavy atom. The van der Waals surface area contributed by atoms with E-state index >= 15 is 0 Å². The third-order valence-electron chi connectivity index (χ3n) is 3.67. The average molecular weight is 405 g/mol. The minimum atomic E-state index is -0.372. The van der Waals surface area contributed by atoms with Gasteiger partial charge in [-0.2, -0.15) is 4.37 Å². The number of hydrogen-bond donors (Lipinski definition) is 1. The third-order valence-corrected chi connectivity index (χ3v) is 6.44. The number of nitrogens with zero attached hydrogens (tertiary/aromatic N) is 1. The van der Waals surface area contributed by atoms with Gasteiger partial charge in [0.2, 0.25) is 0 Å². The summed E-state index contributed by atoms with van der Waals surface area (Å²) in [6.07, 6.45) is 0. The Bertz CT molecular complexity index is 1040. The Morgan fingerprint density at radius 2 is 1.80 bits per heavy atom. The van der Waals surface area contributed by atoms with E-state index in [0.29, 0.717) is 10.0 Å². The van der Waals surface area contributed by atoms with Crippen molar-refractivity contribution in [1.82, 2.24) is 4.37 Å². The number of carbonyl (C=O) groups is 1. The lowest BCUT2D eigenvalue weighted by molar-refractivity contribution is 0.102. The minimum Gasteiger partial charge on any atom is -0.321 e. The molecule has 3 nitrogen and oxygen atoms in total. The molecule has 7 heteroatoms. The van der Waals surface area contributed by atoms with Crippen molar-refractivity contribution < 1.29 is 4.79 Å². The van der Waals surface area contributed by atoms with E-state index in [2.05, 4.69) is 27.9 Å². The maximum absolute atomic E-state index is 12.2. The standard InChI is InChI=1S/C18H10Cl2N2OS2/c19-15-16(22-25-17(15)20)18(23)21-12-7-5-10(6-8-12)14-9-11-3-1-2-4-13(11)24-14/h1-9H,(H,21,23). The van der Waals surface area contributed by atoms with Gasteiger partial charge in [0.1, 0.15) is 9.36 Å². The zero-order valence-electron chi connectivity index (χ0n) is 12.6. The smallest absolute Gasteiger partial charge is 0.276 e. The number of halogens is 2. The van der Waals surface area contributed by atoms with Gasteiger partial charge in [0.05, 0.1) is 0 Å². The summed E-state index contributed by atoms with van der Waals surface area (Å²) in [5, 5.41) is 4.20. The third kappa shape index (κ3) is 3.28. The number of hydrogen-bond acceptors (Lipinski definition) is 4. The summed E-state index contributed by atoms with van der Waals surface area (Å²) in [5.41, 5.74) is 1.93. The fourth-order valence-corrected chi connectivity index (χ4v) is 4.50. The summed E-state index contributed by atoms with van der Waals surface area (Å²) in [7, 11) is 0. The highest BCUT2D eigenvalue weighted by Gasteiger charge is 2.17. The summed E-state index contributed by atoms with van der Waals surface area (Å²) in [5.74, 6) is -0.372. The van der Waals surface area contributed by atoms with E-state index in [1.54, 1.807) is 11.3 Å². The Balaban J connectivity index is 1.55. The van der Waals surface area contributed by atoms with Crippen LogP contribution in [0.4, 0.5) is 5.69 Å². The molecule has 0 saturated carbocycles. The molecule has 4 rings (SSSR count). The van der Waals surface area contributed by atoms with E-state index < -0.39 is 0 Å². The van der Waals surface area contributed by atoms with Crippen LogP contribution in [-0.4, -0.2) is 10.3 Å². The average Bonchev–Trinajstić information content (AvgIpc) is 3.19. The van der Waals surface area contributed by atoms with E-state index in [1.165, 1.54) is 15.0 Å². The molecule has 0 atom stereocenters. The lowest BCUT2D eigenvalue weighted by Crippen LogP contribution is -2.12. The lowest BCUT2D eigenvalue weighted by atomic mass is 10.1. The topological polar surface area (TPSA) is 42.0 Å². The van der Waals surface area contributed by atoms with Gasteiger partial charge in [-0.3, -0.25) is 4.79 Å². The Morgan fingerprint density at radius 3 is 2.48 bits per heavy atom. The molecule has 0 aliphatic rings. The number of thiophene rings is 1. The fraction of sp³-hybridized carbons (Fsp3) is 0. The molecule has 0 bridgehead atoms. The molecule has 4 aromatic rings. The Kier molecular flexibility index (Phi) is 4.48. The molecule has 124 valence electrons. The molecular formula is C18H10Cl2N2OS2. The molecule has 1 amide bonds. The Labute approximate surface area is 162 Å².